The number of aryl methyl sites for hydroxylation is 1. The summed E-state index contributed by atoms with van der Waals surface area (Å²) >= 11 is 1.62. The van der Waals surface area contributed by atoms with E-state index in [1.54, 1.807) is 17.5 Å². The summed E-state index contributed by atoms with van der Waals surface area (Å²) in [6, 6.07) is 5.82. The predicted octanol–water partition coefficient (Wildman–Crippen LogP) is 1.99. The highest BCUT2D eigenvalue weighted by molar-refractivity contribution is 7.10. The second-order valence-corrected chi connectivity index (χ2v) is 6.02. The van der Waals surface area contributed by atoms with Crippen LogP contribution in [0.15, 0.2) is 29.8 Å². The first kappa shape index (κ1) is 14.2. The summed E-state index contributed by atoms with van der Waals surface area (Å²) in [5.74, 6) is 0.870. The van der Waals surface area contributed by atoms with Gasteiger partial charge in [0.25, 0.3) is 0 Å². The molecule has 2 aromatic rings. The summed E-state index contributed by atoms with van der Waals surface area (Å²) in [4.78, 5) is 23.8. The van der Waals surface area contributed by atoms with Crippen LogP contribution in [0, 0.1) is 6.92 Å². The predicted molar refractivity (Wildman–Crippen MR) is 80.1 cm³/mol. The summed E-state index contributed by atoms with van der Waals surface area (Å²) in [5.41, 5.74) is 0.844. The van der Waals surface area contributed by atoms with Crippen molar-refractivity contribution in [2.45, 2.75) is 19.4 Å². The van der Waals surface area contributed by atoms with Gasteiger partial charge < -0.3 is 9.64 Å². The van der Waals surface area contributed by atoms with Gasteiger partial charge in [-0.15, -0.1) is 11.3 Å². The molecule has 6 heteroatoms. The molecule has 1 amide bonds. The molecule has 1 saturated heterocycles. The van der Waals surface area contributed by atoms with Crippen molar-refractivity contribution in [3.8, 4) is 0 Å². The van der Waals surface area contributed by atoms with E-state index < -0.39 is 0 Å². The second kappa shape index (κ2) is 6.32. The lowest BCUT2D eigenvalue weighted by atomic mass is 10.2. The summed E-state index contributed by atoms with van der Waals surface area (Å²) in [7, 11) is 0. The molecule has 0 aromatic carbocycles. The molecular formula is C15H17N3O2S. The number of hydrogen-bond acceptors (Lipinski definition) is 5. The molecule has 2 aromatic heterocycles. The average molecular weight is 303 g/mol. The van der Waals surface area contributed by atoms with Crippen molar-refractivity contribution in [1.29, 1.82) is 0 Å². The van der Waals surface area contributed by atoms with Crippen molar-refractivity contribution in [2.75, 3.05) is 19.7 Å². The van der Waals surface area contributed by atoms with Crippen LogP contribution in [-0.4, -0.2) is 40.5 Å². The molecule has 0 unspecified atom stereocenters. The molecule has 110 valence electrons. The molecule has 0 radical (unpaired) electrons. The van der Waals surface area contributed by atoms with Crippen molar-refractivity contribution >= 4 is 17.2 Å². The molecule has 0 spiro atoms. The largest absolute Gasteiger partial charge is 0.368 e. The van der Waals surface area contributed by atoms with Crippen LogP contribution < -0.4 is 0 Å². The van der Waals surface area contributed by atoms with Crippen LogP contribution in [-0.2, 0) is 16.0 Å². The van der Waals surface area contributed by atoms with Crippen LogP contribution in [0.1, 0.15) is 22.5 Å². The Morgan fingerprint density at radius 2 is 2.43 bits per heavy atom. The van der Waals surface area contributed by atoms with Gasteiger partial charge in [-0.25, -0.2) is 9.97 Å². The summed E-state index contributed by atoms with van der Waals surface area (Å²) < 4.78 is 5.75. The van der Waals surface area contributed by atoms with Crippen molar-refractivity contribution in [3.63, 3.8) is 0 Å². The lowest BCUT2D eigenvalue weighted by Crippen LogP contribution is -2.43. The van der Waals surface area contributed by atoms with Gasteiger partial charge in [-0.1, -0.05) is 6.07 Å². The molecular weight excluding hydrogens is 286 g/mol. The van der Waals surface area contributed by atoms with Gasteiger partial charge in [-0.05, 0) is 24.4 Å². The minimum atomic E-state index is -0.160. The molecule has 1 atom stereocenters. The molecule has 5 nitrogen and oxygen atoms in total. The van der Waals surface area contributed by atoms with Gasteiger partial charge in [0.1, 0.15) is 11.9 Å². The SMILES string of the molecule is Cc1nccc([C@H]2CN(C(=O)Cc3cccs3)CCO2)n1. The number of nitrogens with zero attached hydrogens (tertiary/aromatic N) is 3. The number of carbonyl (C=O) groups is 1. The molecule has 0 N–H and O–H groups in total. The topological polar surface area (TPSA) is 55.3 Å². The smallest absolute Gasteiger partial charge is 0.228 e. The van der Waals surface area contributed by atoms with Gasteiger partial charge >= 0.3 is 0 Å². The van der Waals surface area contributed by atoms with E-state index in [1.165, 1.54) is 0 Å². The van der Waals surface area contributed by atoms with E-state index in [9.17, 15) is 4.79 Å². The van der Waals surface area contributed by atoms with E-state index in [-0.39, 0.29) is 12.0 Å². The third-order valence-electron chi connectivity index (χ3n) is 3.45. The van der Waals surface area contributed by atoms with Gasteiger partial charge in [-0.2, -0.15) is 0 Å². The van der Waals surface area contributed by atoms with Crippen LogP contribution in [0.3, 0.4) is 0 Å². The molecule has 1 aliphatic heterocycles. The molecule has 3 heterocycles. The van der Waals surface area contributed by atoms with E-state index in [0.717, 1.165) is 16.4 Å². The number of aromatic nitrogens is 2. The van der Waals surface area contributed by atoms with Gasteiger partial charge in [0.15, 0.2) is 0 Å². The highest BCUT2D eigenvalue weighted by Crippen LogP contribution is 2.21. The zero-order valence-corrected chi connectivity index (χ0v) is 12.7. The van der Waals surface area contributed by atoms with E-state index in [4.69, 9.17) is 4.74 Å². The van der Waals surface area contributed by atoms with Crippen LogP contribution >= 0.6 is 11.3 Å². The first-order valence-electron chi connectivity index (χ1n) is 6.93. The summed E-state index contributed by atoms with van der Waals surface area (Å²) in [6.07, 6.45) is 2.04. The minimum absolute atomic E-state index is 0.150. The lowest BCUT2D eigenvalue weighted by Gasteiger charge is -2.32. The van der Waals surface area contributed by atoms with Crippen LogP contribution in [0.2, 0.25) is 0 Å². The number of hydrogen-bond donors (Lipinski definition) is 0. The number of thiophene rings is 1. The first-order valence-corrected chi connectivity index (χ1v) is 7.81. The highest BCUT2D eigenvalue weighted by atomic mass is 32.1. The minimum Gasteiger partial charge on any atom is -0.368 e. The molecule has 0 saturated carbocycles. The molecule has 0 bridgehead atoms. The normalized spacial score (nSPS) is 18.7. The fraction of sp³-hybridized carbons (Fsp3) is 0.400. The Morgan fingerprint density at radius 1 is 1.52 bits per heavy atom. The number of morpholine rings is 1. The molecule has 3 rings (SSSR count). The fourth-order valence-corrected chi connectivity index (χ4v) is 3.08. The zero-order chi connectivity index (χ0) is 14.7. The van der Waals surface area contributed by atoms with Gasteiger partial charge in [0.05, 0.1) is 25.3 Å². The lowest BCUT2D eigenvalue weighted by molar-refractivity contribution is -0.138. The van der Waals surface area contributed by atoms with Gasteiger partial charge in [0.2, 0.25) is 5.91 Å². The average Bonchev–Trinajstić information content (AvgIpc) is 3.00. The maximum Gasteiger partial charge on any atom is 0.228 e. The quantitative estimate of drug-likeness (QED) is 0.870. The molecule has 21 heavy (non-hydrogen) atoms. The van der Waals surface area contributed by atoms with E-state index >= 15 is 0 Å². The third kappa shape index (κ3) is 3.46. The number of ether oxygens (including phenoxy) is 1. The second-order valence-electron chi connectivity index (χ2n) is 4.98. The Balaban J connectivity index is 1.66. The van der Waals surface area contributed by atoms with Crippen LogP contribution in [0.4, 0.5) is 0 Å². The highest BCUT2D eigenvalue weighted by Gasteiger charge is 2.26. The first-order chi connectivity index (χ1) is 10.2. The summed E-state index contributed by atoms with van der Waals surface area (Å²) in [5, 5.41) is 1.99. The summed E-state index contributed by atoms with van der Waals surface area (Å²) in [6.45, 7) is 3.60. The van der Waals surface area contributed by atoms with Crippen molar-refractivity contribution < 1.29 is 9.53 Å². The third-order valence-corrected chi connectivity index (χ3v) is 4.33. The van der Waals surface area contributed by atoms with Crippen molar-refractivity contribution in [1.82, 2.24) is 14.9 Å². The Kier molecular flexibility index (Phi) is 4.26. The van der Waals surface area contributed by atoms with E-state index in [0.29, 0.717) is 26.1 Å². The van der Waals surface area contributed by atoms with Crippen LogP contribution in [0.5, 0.6) is 0 Å². The van der Waals surface area contributed by atoms with E-state index in [2.05, 4.69) is 9.97 Å². The maximum atomic E-state index is 12.4. The van der Waals surface area contributed by atoms with Gasteiger partial charge in [0, 0.05) is 17.6 Å². The Morgan fingerprint density at radius 3 is 3.19 bits per heavy atom. The van der Waals surface area contributed by atoms with Crippen molar-refractivity contribution in [3.05, 3.63) is 46.2 Å². The zero-order valence-electron chi connectivity index (χ0n) is 11.9. The number of carbonyl (C=O) groups excluding carboxylic acids is 1. The molecule has 1 aliphatic rings. The number of amides is 1. The standard InChI is InChI=1S/C15H17N3O2S/c1-11-16-5-4-13(17-11)14-10-18(6-7-20-14)15(19)9-12-3-2-8-21-12/h2-5,8,14H,6-7,9-10H2,1H3/t14-/m1/s1. The fourth-order valence-electron chi connectivity index (χ4n) is 2.38. The van der Waals surface area contributed by atoms with E-state index in [1.807, 2.05) is 35.4 Å². The van der Waals surface area contributed by atoms with Gasteiger partial charge in [-0.3, -0.25) is 4.79 Å². The van der Waals surface area contributed by atoms with Crippen LogP contribution in [0.25, 0.3) is 0 Å². The molecule has 0 aliphatic carbocycles. The Hall–Kier alpha value is -1.79. The Bertz CT molecular complexity index is 615. The maximum absolute atomic E-state index is 12.4. The molecule has 1 fully saturated rings. The Labute approximate surface area is 127 Å². The monoisotopic (exact) mass is 303 g/mol. The number of rotatable bonds is 3. The van der Waals surface area contributed by atoms with Crippen molar-refractivity contribution in [2.24, 2.45) is 0 Å².